The van der Waals surface area contributed by atoms with E-state index in [-0.39, 0.29) is 16.8 Å². The maximum absolute atomic E-state index is 12.8. The predicted octanol–water partition coefficient (Wildman–Crippen LogP) is 6.80. The smallest absolute Gasteiger partial charge is 0.336 e. The van der Waals surface area contributed by atoms with E-state index in [1.165, 1.54) is 66.7 Å². The normalized spacial score (nSPS) is 11.2. The molecular weight excluding hydrogens is 656 g/mol. The molecule has 50 heavy (non-hydrogen) atoms. The first-order valence-corrected chi connectivity index (χ1v) is 14.3. The van der Waals surface area contributed by atoms with Crippen molar-refractivity contribution in [2.24, 2.45) is 0 Å². The molecule has 0 aromatic heterocycles. The number of benzene rings is 5. The molecule has 5 rings (SSSR count). The van der Waals surface area contributed by atoms with Crippen molar-refractivity contribution in [3.8, 4) is 23.0 Å². The summed E-state index contributed by atoms with van der Waals surface area (Å²) >= 11 is 0. The minimum Gasteiger partial charge on any atom is -0.478 e. The van der Waals surface area contributed by atoms with Gasteiger partial charge >= 0.3 is 11.9 Å². The SMILES string of the molecule is O=C(O)c1cccc([N+](=O)[O-])c1C(=O)Nc1ccc(Oc2ccc(Oc3ccc(C(NO)c4c(C(=O)O)cccc4[N+](=O)[O-])cc3)cc2)cc1. The van der Waals surface area contributed by atoms with Crippen LogP contribution in [0, 0.1) is 20.2 Å². The molecule has 1 unspecified atom stereocenters. The highest BCUT2D eigenvalue weighted by Crippen LogP contribution is 2.35. The monoisotopic (exact) mass is 680 g/mol. The highest BCUT2D eigenvalue weighted by Gasteiger charge is 2.30. The number of ether oxygens (including phenoxy) is 2. The fourth-order valence-electron chi connectivity index (χ4n) is 4.99. The predicted molar refractivity (Wildman–Crippen MR) is 174 cm³/mol. The number of hydrogen-bond donors (Lipinski definition) is 5. The topological polar surface area (TPSA) is 241 Å². The van der Waals surface area contributed by atoms with E-state index in [0.717, 1.165) is 18.2 Å². The third-order valence-corrected chi connectivity index (χ3v) is 7.25. The molecule has 0 spiro atoms. The fourth-order valence-corrected chi connectivity index (χ4v) is 4.99. The largest absolute Gasteiger partial charge is 0.478 e. The van der Waals surface area contributed by atoms with Gasteiger partial charge in [-0.1, -0.05) is 24.3 Å². The highest BCUT2D eigenvalue weighted by molar-refractivity contribution is 6.13. The summed E-state index contributed by atoms with van der Waals surface area (Å²) in [6.45, 7) is 0. The quantitative estimate of drug-likeness (QED) is 0.0635. The zero-order valence-electron chi connectivity index (χ0n) is 25.4. The Morgan fingerprint density at radius 1 is 0.620 bits per heavy atom. The highest BCUT2D eigenvalue weighted by atomic mass is 16.6. The van der Waals surface area contributed by atoms with Gasteiger partial charge in [-0.2, -0.15) is 5.48 Å². The molecule has 0 aliphatic rings. The van der Waals surface area contributed by atoms with Crippen LogP contribution in [0.4, 0.5) is 17.1 Å². The lowest BCUT2D eigenvalue weighted by atomic mass is 9.93. The van der Waals surface area contributed by atoms with Crippen LogP contribution in [-0.4, -0.2) is 43.1 Å². The average Bonchev–Trinajstić information content (AvgIpc) is 3.10. The van der Waals surface area contributed by atoms with Crippen molar-refractivity contribution in [1.82, 2.24) is 5.48 Å². The number of nitrogens with one attached hydrogen (secondary N) is 2. The molecule has 5 aromatic rings. The summed E-state index contributed by atoms with van der Waals surface area (Å²) in [4.78, 5) is 57.6. The Bertz CT molecular complexity index is 2040. The van der Waals surface area contributed by atoms with E-state index < -0.39 is 56.2 Å². The van der Waals surface area contributed by atoms with Gasteiger partial charge in [-0.15, -0.1) is 0 Å². The fraction of sp³-hybridized carbons (Fsp3) is 0.0294. The number of amides is 1. The summed E-state index contributed by atoms with van der Waals surface area (Å²) in [5.41, 5.74) is -0.249. The maximum atomic E-state index is 12.8. The van der Waals surface area contributed by atoms with Crippen LogP contribution in [-0.2, 0) is 0 Å². The van der Waals surface area contributed by atoms with Crippen LogP contribution in [0.5, 0.6) is 23.0 Å². The molecule has 0 heterocycles. The molecule has 0 aliphatic carbocycles. The van der Waals surface area contributed by atoms with E-state index in [1.807, 2.05) is 5.48 Å². The van der Waals surface area contributed by atoms with E-state index in [4.69, 9.17) is 9.47 Å². The average molecular weight is 681 g/mol. The minimum absolute atomic E-state index is 0.219. The molecule has 0 saturated heterocycles. The van der Waals surface area contributed by atoms with Gasteiger partial charge in [-0.3, -0.25) is 25.0 Å². The first kappa shape index (κ1) is 34.2. The first-order chi connectivity index (χ1) is 24.0. The van der Waals surface area contributed by atoms with Gasteiger partial charge in [0.15, 0.2) is 0 Å². The summed E-state index contributed by atoms with van der Waals surface area (Å²) in [6, 6.07) is 24.3. The van der Waals surface area contributed by atoms with Crippen molar-refractivity contribution < 1.29 is 49.1 Å². The zero-order chi connectivity index (χ0) is 35.9. The Labute approximate surface area is 281 Å². The van der Waals surface area contributed by atoms with Gasteiger partial charge in [0, 0.05) is 17.8 Å². The van der Waals surface area contributed by atoms with Crippen molar-refractivity contribution in [3.05, 3.63) is 157 Å². The minimum atomic E-state index is -1.49. The second kappa shape index (κ2) is 14.7. The van der Waals surface area contributed by atoms with Gasteiger partial charge in [0.1, 0.15) is 28.6 Å². The van der Waals surface area contributed by atoms with Gasteiger partial charge in [-0.05, 0) is 78.4 Å². The number of carbonyl (C=O) groups excluding carboxylic acids is 1. The van der Waals surface area contributed by atoms with Crippen LogP contribution in [0.2, 0.25) is 0 Å². The number of nitrogens with zero attached hydrogens (tertiary/aromatic N) is 2. The molecule has 16 heteroatoms. The lowest BCUT2D eigenvalue weighted by molar-refractivity contribution is -0.385. The van der Waals surface area contributed by atoms with Crippen LogP contribution < -0.4 is 20.3 Å². The van der Waals surface area contributed by atoms with Crippen LogP contribution >= 0.6 is 0 Å². The number of hydrogen-bond acceptors (Lipinski definition) is 11. The summed E-state index contributed by atoms with van der Waals surface area (Å²) in [6.07, 6.45) is 0. The molecule has 0 bridgehead atoms. The number of carboxylic acids is 2. The second-order valence-corrected chi connectivity index (χ2v) is 10.3. The number of carboxylic acid groups (broad SMARTS) is 2. The molecule has 0 radical (unpaired) electrons. The first-order valence-electron chi connectivity index (χ1n) is 14.3. The molecule has 252 valence electrons. The molecule has 0 saturated carbocycles. The van der Waals surface area contributed by atoms with E-state index in [2.05, 4.69) is 5.32 Å². The van der Waals surface area contributed by atoms with Crippen molar-refractivity contribution in [2.45, 2.75) is 6.04 Å². The summed E-state index contributed by atoms with van der Waals surface area (Å²) in [7, 11) is 0. The number of carbonyl (C=O) groups is 3. The van der Waals surface area contributed by atoms with Gasteiger partial charge in [0.25, 0.3) is 17.3 Å². The molecule has 1 atom stereocenters. The van der Waals surface area contributed by atoms with Crippen molar-refractivity contribution in [3.63, 3.8) is 0 Å². The Hall–Kier alpha value is -7.17. The molecule has 1 amide bonds. The number of anilines is 1. The molecular formula is C34H24N4O12. The molecule has 16 nitrogen and oxygen atoms in total. The van der Waals surface area contributed by atoms with E-state index in [0.29, 0.717) is 28.6 Å². The number of rotatable bonds is 13. The van der Waals surface area contributed by atoms with Crippen LogP contribution in [0.25, 0.3) is 0 Å². The lowest BCUT2D eigenvalue weighted by Crippen LogP contribution is -2.22. The zero-order valence-corrected chi connectivity index (χ0v) is 25.4. The third kappa shape index (κ3) is 7.52. The summed E-state index contributed by atoms with van der Waals surface area (Å²) < 4.78 is 11.7. The molecule has 5 N–H and O–H groups in total. The van der Waals surface area contributed by atoms with E-state index in [9.17, 15) is 50.0 Å². The number of nitro groups is 2. The van der Waals surface area contributed by atoms with Crippen LogP contribution in [0.1, 0.15) is 48.2 Å². The van der Waals surface area contributed by atoms with Crippen molar-refractivity contribution in [2.75, 3.05) is 5.32 Å². The number of aromatic carboxylic acids is 2. The van der Waals surface area contributed by atoms with E-state index in [1.54, 1.807) is 24.3 Å². The Balaban J connectivity index is 1.23. The van der Waals surface area contributed by atoms with E-state index >= 15 is 0 Å². The van der Waals surface area contributed by atoms with Crippen molar-refractivity contribution >= 4 is 34.9 Å². The van der Waals surface area contributed by atoms with Gasteiger partial charge in [-0.25, -0.2) is 9.59 Å². The van der Waals surface area contributed by atoms with Gasteiger partial charge < -0.3 is 30.2 Å². The van der Waals surface area contributed by atoms with Crippen molar-refractivity contribution in [1.29, 1.82) is 0 Å². The standard InChI is InChI=1S/C34H24N4O12/c39-32(30-26(34(42)43)4-2-6-28(30)38(47)48)35-20-9-13-22(14-10-20)50-24-17-15-23(16-18-24)49-21-11-7-19(8-12-21)31(36-44)29-25(33(40)41)3-1-5-27(29)37(45)46/h1-18,31,36,44H,(H,35,39)(H,40,41)(H,42,43). The van der Waals surface area contributed by atoms with Gasteiger partial charge in [0.2, 0.25) is 0 Å². The maximum Gasteiger partial charge on any atom is 0.336 e. The van der Waals surface area contributed by atoms with Crippen LogP contribution in [0.15, 0.2) is 109 Å². The molecule has 5 aromatic carbocycles. The Kier molecular flexibility index (Phi) is 10.1. The van der Waals surface area contributed by atoms with Crippen LogP contribution in [0.3, 0.4) is 0 Å². The second-order valence-electron chi connectivity index (χ2n) is 10.3. The van der Waals surface area contributed by atoms with Gasteiger partial charge in [0.05, 0.1) is 32.6 Å². The number of hydroxylamine groups is 1. The molecule has 0 fully saturated rings. The Morgan fingerprint density at radius 2 is 1.06 bits per heavy atom. The number of nitro benzene ring substituents is 2. The summed E-state index contributed by atoms with van der Waals surface area (Å²) in [5.74, 6) is -2.26. The Morgan fingerprint density at radius 3 is 1.52 bits per heavy atom. The molecule has 0 aliphatic heterocycles. The lowest BCUT2D eigenvalue weighted by Gasteiger charge is -2.18. The third-order valence-electron chi connectivity index (χ3n) is 7.25. The summed E-state index contributed by atoms with van der Waals surface area (Å²) in [5, 5.41) is 54.3.